The summed E-state index contributed by atoms with van der Waals surface area (Å²) >= 11 is 5.15. The van der Waals surface area contributed by atoms with Gasteiger partial charge in [-0.05, 0) is 55.6 Å². The zero-order valence-electron chi connectivity index (χ0n) is 14.2. The number of amides is 1. The largest absolute Gasteiger partial charge is 0.325 e. The third-order valence-corrected chi connectivity index (χ3v) is 5.69. The van der Waals surface area contributed by atoms with Gasteiger partial charge in [0.15, 0.2) is 0 Å². The fourth-order valence-electron chi connectivity index (χ4n) is 2.65. The van der Waals surface area contributed by atoms with Crippen molar-refractivity contribution in [2.75, 3.05) is 45.1 Å². The lowest BCUT2D eigenvalue weighted by molar-refractivity contribution is -0.117. The van der Waals surface area contributed by atoms with E-state index in [9.17, 15) is 4.79 Å². The van der Waals surface area contributed by atoms with E-state index < -0.39 is 0 Å². The molecule has 0 aliphatic carbocycles. The highest BCUT2D eigenvalue weighted by atomic mass is 79.9. The molecule has 2 aromatic carbocycles. The summed E-state index contributed by atoms with van der Waals surface area (Å²) in [5, 5.41) is 2.99. The second-order valence-corrected chi connectivity index (χ2v) is 8.27. The summed E-state index contributed by atoms with van der Waals surface area (Å²) in [6.45, 7) is 4.41. The molecular weight excluding hydrogens is 398 g/mol. The Kier molecular flexibility index (Phi) is 6.53. The fraction of sp³-hybridized carbons (Fsp3) is 0.316. The number of rotatable bonds is 5. The van der Waals surface area contributed by atoms with Crippen LogP contribution in [0.5, 0.6) is 0 Å². The molecule has 4 nitrogen and oxygen atoms in total. The van der Waals surface area contributed by atoms with Crippen LogP contribution in [0.15, 0.2) is 62.8 Å². The first-order valence-corrected chi connectivity index (χ1v) is 9.94. The summed E-state index contributed by atoms with van der Waals surface area (Å²) in [7, 11) is 2.12. The fourth-order valence-corrected chi connectivity index (χ4v) is 3.74. The van der Waals surface area contributed by atoms with Crippen LogP contribution >= 0.6 is 27.7 Å². The van der Waals surface area contributed by atoms with Crippen LogP contribution in [0.4, 0.5) is 5.69 Å². The predicted octanol–water partition coefficient (Wildman–Crippen LogP) is 3.79. The minimum Gasteiger partial charge on any atom is -0.325 e. The quantitative estimate of drug-likeness (QED) is 0.799. The minimum atomic E-state index is 0.0536. The van der Waals surface area contributed by atoms with Gasteiger partial charge in [-0.25, -0.2) is 0 Å². The highest BCUT2D eigenvalue weighted by Crippen LogP contribution is 2.29. The zero-order chi connectivity index (χ0) is 17.6. The Morgan fingerprint density at radius 2 is 1.56 bits per heavy atom. The minimum absolute atomic E-state index is 0.0536. The standard InChI is InChI=1S/C19H22BrN3OS/c1-22-10-12-23(13-11-22)14-19(24)21-16-4-8-18(9-5-16)25-17-6-2-15(20)3-7-17/h2-9H,10-14H2,1H3,(H,21,24). The van der Waals surface area contributed by atoms with Crippen molar-refractivity contribution in [2.24, 2.45) is 0 Å². The average Bonchev–Trinajstić information content (AvgIpc) is 2.61. The SMILES string of the molecule is CN1CCN(CC(=O)Nc2ccc(Sc3ccc(Br)cc3)cc2)CC1. The summed E-state index contributed by atoms with van der Waals surface area (Å²) in [5.41, 5.74) is 0.847. The lowest BCUT2D eigenvalue weighted by Gasteiger charge is -2.31. The van der Waals surface area contributed by atoms with Crippen LogP contribution in [0.1, 0.15) is 0 Å². The van der Waals surface area contributed by atoms with Crippen molar-refractivity contribution in [3.8, 4) is 0 Å². The number of benzene rings is 2. The van der Waals surface area contributed by atoms with E-state index in [-0.39, 0.29) is 5.91 Å². The predicted molar refractivity (Wildman–Crippen MR) is 107 cm³/mol. The van der Waals surface area contributed by atoms with Gasteiger partial charge in [0, 0.05) is 46.1 Å². The zero-order valence-corrected chi connectivity index (χ0v) is 16.6. The molecule has 6 heteroatoms. The van der Waals surface area contributed by atoms with Gasteiger partial charge < -0.3 is 10.2 Å². The summed E-state index contributed by atoms with van der Waals surface area (Å²) in [6.07, 6.45) is 0. The normalized spacial score (nSPS) is 15.9. The van der Waals surface area contributed by atoms with E-state index in [0.29, 0.717) is 6.54 Å². The molecule has 0 aromatic heterocycles. The van der Waals surface area contributed by atoms with Gasteiger partial charge in [-0.2, -0.15) is 0 Å². The number of nitrogens with one attached hydrogen (secondary N) is 1. The van der Waals surface area contributed by atoms with Crippen molar-refractivity contribution in [3.63, 3.8) is 0 Å². The highest BCUT2D eigenvalue weighted by Gasteiger charge is 2.16. The van der Waals surface area contributed by atoms with Gasteiger partial charge in [-0.3, -0.25) is 9.69 Å². The third-order valence-electron chi connectivity index (χ3n) is 4.15. The van der Waals surface area contributed by atoms with Crippen molar-refractivity contribution >= 4 is 39.3 Å². The van der Waals surface area contributed by atoms with Crippen molar-refractivity contribution in [1.29, 1.82) is 0 Å². The van der Waals surface area contributed by atoms with E-state index in [2.05, 4.69) is 50.2 Å². The van der Waals surface area contributed by atoms with Crippen molar-refractivity contribution < 1.29 is 4.79 Å². The molecule has 1 heterocycles. The van der Waals surface area contributed by atoms with Gasteiger partial charge in [0.1, 0.15) is 0 Å². The molecule has 1 aliphatic heterocycles. The molecule has 0 radical (unpaired) electrons. The van der Waals surface area contributed by atoms with E-state index in [1.54, 1.807) is 11.8 Å². The topological polar surface area (TPSA) is 35.6 Å². The van der Waals surface area contributed by atoms with E-state index in [0.717, 1.165) is 41.2 Å². The van der Waals surface area contributed by atoms with Crippen molar-refractivity contribution in [1.82, 2.24) is 9.80 Å². The van der Waals surface area contributed by atoms with Gasteiger partial charge in [-0.15, -0.1) is 0 Å². The van der Waals surface area contributed by atoms with E-state index in [4.69, 9.17) is 0 Å². The monoisotopic (exact) mass is 419 g/mol. The van der Waals surface area contributed by atoms with Crippen LogP contribution in [-0.4, -0.2) is 55.5 Å². The van der Waals surface area contributed by atoms with Crippen molar-refractivity contribution in [2.45, 2.75) is 9.79 Å². The van der Waals surface area contributed by atoms with Crippen LogP contribution in [0.2, 0.25) is 0 Å². The molecule has 1 amide bonds. The molecular formula is C19H22BrN3OS. The number of anilines is 1. The Morgan fingerprint density at radius 1 is 1.00 bits per heavy atom. The molecule has 3 rings (SSSR count). The van der Waals surface area contributed by atoms with Crippen molar-refractivity contribution in [3.05, 3.63) is 53.0 Å². The number of carbonyl (C=O) groups is 1. The molecule has 0 atom stereocenters. The Balaban J connectivity index is 1.50. The van der Waals surface area contributed by atoms with E-state index in [1.807, 2.05) is 36.4 Å². The molecule has 1 N–H and O–H groups in total. The Bertz CT molecular complexity index is 698. The number of carbonyl (C=O) groups excluding carboxylic acids is 1. The van der Waals surface area contributed by atoms with Gasteiger partial charge in [-0.1, -0.05) is 27.7 Å². The molecule has 1 saturated heterocycles. The number of nitrogens with zero attached hydrogens (tertiary/aromatic N) is 2. The van der Waals surface area contributed by atoms with Crippen LogP contribution in [0.25, 0.3) is 0 Å². The van der Waals surface area contributed by atoms with Crippen LogP contribution in [0, 0.1) is 0 Å². The van der Waals surface area contributed by atoms with Gasteiger partial charge in [0.2, 0.25) is 5.91 Å². The average molecular weight is 420 g/mol. The smallest absolute Gasteiger partial charge is 0.238 e. The molecule has 1 aliphatic rings. The number of hydrogen-bond donors (Lipinski definition) is 1. The number of piperazine rings is 1. The maximum absolute atomic E-state index is 12.2. The van der Waals surface area contributed by atoms with Crippen LogP contribution in [-0.2, 0) is 4.79 Å². The first-order valence-electron chi connectivity index (χ1n) is 8.33. The third kappa shape index (κ3) is 5.85. The highest BCUT2D eigenvalue weighted by molar-refractivity contribution is 9.10. The number of likely N-dealkylation sites (N-methyl/N-ethyl adjacent to an activating group) is 1. The molecule has 0 unspecified atom stereocenters. The summed E-state index contributed by atoms with van der Waals surface area (Å²) in [4.78, 5) is 19.0. The molecule has 0 saturated carbocycles. The molecule has 0 bridgehead atoms. The lowest BCUT2D eigenvalue weighted by Crippen LogP contribution is -2.47. The molecule has 25 heavy (non-hydrogen) atoms. The molecule has 1 fully saturated rings. The Hall–Kier alpha value is -1.34. The second-order valence-electron chi connectivity index (χ2n) is 6.21. The summed E-state index contributed by atoms with van der Waals surface area (Å²) < 4.78 is 1.08. The Labute approximate surface area is 161 Å². The van der Waals surface area contributed by atoms with Crippen LogP contribution < -0.4 is 5.32 Å². The number of halogens is 1. The lowest BCUT2D eigenvalue weighted by atomic mass is 10.3. The van der Waals surface area contributed by atoms with Gasteiger partial charge in [0.05, 0.1) is 6.54 Å². The van der Waals surface area contributed by atoms with Crippen LogP contribution in [0.3, 0.4) is 0 Å². The van der Waals surface area contributed by atoms with Gasteiger partial charge >= 0.3 is 0 Å². The summed E-state index contributed by atoms with van der Waals surface area (Å²) in [6, 6.07) is 16.2. The maximum atomic E-state index is 12.2. The first-order chi connectivity index (χ1) is 12.1. The second kappa shape index (κ2) is 8.85. The number of hydrogen-bond acceptors (Lipinski definition) is 4. The summed E-state index contributed by atoms with van der Waals surface area (Å²) in [5.74, 6) is 0.0536. The molecule has 0 spiro atoms. The maximum Gasteiger partial charge on any atom is 0.238 e. The first kappa shape index (κ1) is 18.5. The Morgan fingerprint density at radius 3 is 2.16 bits per heavy atom. The molecule has 2 aromatic rings. The van der Waals surface area contributed by atoms with Gasteiger partial charge in [0.25, 0.3) is 0 Å². The van der Waals surface area contributed by atoms with E-state index in [1.165, 1.54) is 4.90 Å². The molecule has 132 valence electrons. The van der Waals surface area contributed by atoms with E-state index >= 15 is 0 Å².